The van der Waals surface area contributed by atoms with Crippen LogP contribution >= 0.6 is 0 Å². The molecule has 1 fully saturated rings. The van der Waals surface area contributed by atoms with Gasteiger partial charge in [-0.25, -0.2) is 4.98 Å². The first kappa shape index (κ1) is 16.6. The number of piperidine rings is 1. The highest BCUT2D eigenvalue weighted by Gasteiger charge is 2.18. The van der Waals surface area contributed by atoms with Crippen LogP contribution in [0.2, 0.25) is 0 Å². The molecule has 0 spiro atoms. The summed E-state index contributed by atoms with van der Waals surface area (Å²) in [6.45, 7) is 5.22. The van der Waals surface area contributed by atoms with Crippen molar-refractivity contribution in [3.63, 3.8) is 0 Å². The van der Waals surface area contributed by atoms with E-state index in [4.69, 9.17) is 4.74 Å². The Labute approximate surface area is 144 Å². The fourth-order valence-corrected chi connectivity index (χ4v) is 3.04. The van der Waals surface area contributed by atoms with Crippen LogP contribution in [0.25, 0.3) is 0 Å². The summed E-state index contributed by atoms with van der Waals surface area (Å²) >= 11 is 0. The van der Waals surface area contributed by atoms with Crippen molar-refractivity contribution in [3.05, 3.63) is 42.1 Å². The molecule has 5 nitrogen and oxygen atoms in total. The molecule has 3 rings (SSSR count). The van der Waals surface area contributed by atoms with Gasteiger partial charge in [-0.15, -0.1) is 0 Å². The summed E-state index contributed by atoms with van der Waals surface area (Å²) in [4.78, 5) is 11.4. The summed E-state index contributed by atoms with van der Waals surface area (Å²) in [5.41, 5.74) is 1.20. The molecule has 1 aromatic carbocycles. The molecule has 0 aliphatic carbocycles. The Morgan fingerprint density at radius 2 is 2.00 bits per heavy atom. The van der Waals surface area contributed by atoms with E-state index in [1.165, 1.54) is 18.4 Å². The molecular weight excluding hydrogens is 300 g/mol. The standard InChI is InChI=1S/C19H26N4O/c1-15-9-13-23(14-10-15)19-21-12-8-18(22-19)20-11-7-16-5-3-4-6-17(16)24-2/h3-6,8,12,15H,7,9-11,13-14H2,1-2H3,(H,20,21,22). The lowest BCUT2D eigenvalue weighted by Gasteiger charge is -2.30. The molecule has 128 valence electrons. The van der Waals surface area contributed by atoms with Crippen LogP contribution in [0.4, 0.5) is 11.8 Å². The second kappa shape index (κ2) is 7.99. The molecule has 2 heterocycles. The van der Waals surface area contributed by atoms with Crippen molar-refractivity contribution in [1.82, 2.24) is 9.97 Å². The number of nitrogens with zero attached hydrogens (tertiary/aromatic N) is 3. The number of ether oxygens (including phenoxy) is 1. The Bertz CT molecular complexity index is 653. The fourth-order valence-electron chi connectivity index (χ4n) is 3.04. The molecule has 0 amide bonds. The lowest BCUT2D eigenvalue weighted by molar-refractivity contribution is 0.410. The maximum atomic E-state index is 5.40. The van der Waals surface area contributed by atoms with Crippen LogP contribution in [-0.2, 0) is 6.42 Å². The normalized spacial score (nSPS) is 15.3. The molecule has 1 aromatic heterocycles. The maximum Gasteiger partial charge on any atom is 0.227 e. The van der Waals surface area contributed by atoms with E-state index in [9.17, 15) is 0 Å². The second-order valence-corrected chi connectivity index (χ2v) is 6.40. The average molecular weight is 326 g/mol. The van der Waals surface area contributed by atoms with Crippen molar-refractivity contribution in [2.75, 3.05) is 37.0 Å². The lowest BCUT2D eigenvalue weighted by atomic mass is 10.00. The zero-order valence-corrected chi connectivity index (χ0v) is 14.5. The number of para-hydroxylation sites is 1. The first-order valence-electron chi connectivity index (χ1n) is 8.70. The Hall–Kier alpha value is -2.30. The zero-order valence-electron chi connectivity index (χ0n) is 14.5. The number of nitrogens with one attached hydrogen (secondary N) is 1. The van der Waals surface area contributed by atoms with E-state index in [1.54, 1.807) is 7.11 Å². The number of methoxy groups -OCH3 is 1. The zero-order chi connectivity index (χ0) is 16.8. The van der Waals surface area contributed by atoms with Crippen molar-refractivity contribution in [2.45, 2.75) is 26.2 Å². The predicted octanol–water partition coefficient (Wildman–Crippen LogP) is 3.38. The van der Waals surface area contributed by atoms with Crippen LogP contribution in [0.5, 0.6) is 5.75 Å². The highest BCUT2D eigenvalue weighted by Crippen LogP contribution is 2.21. The third-order valence-corrected chi connectivity index (χ3v) is 4.60. The molecule has 1 N–H and O–H groups in total. The lowest BCUT2D eigenvalue weighted by Crippen LogP contribution is -2.34. The van der Waals surface area contributed by atoms with Gasteiger partial charge in [0.25, 0.3) is 0 Å². The number of aromatic nitrogens is 2. The third-order valence-electron chi connectivity index (χ3n) is 4.60. The molecule has 0 radical (unpaired) electrons. The summed E-state index contributed by atoms with van der Waals surface area (Å²) in [5.74, 6) is 3.46. The Morgan fingerprint density at radius 1 is 1.21 bits per heavy atom. The average Bonchev–Trinajstić information content (AvgIpc) is 2.63. The smallest absolute Gasteiger partial charge is 0.227 e. The molecule has 0 unspecified atom stereocenters. The summed E-state index contributed by atoms with van der Waals surface area (Å²) in [6.07, 6.45) is 5.17. The number of hydrogen-bond acceptors (Lipinski definition) is 5. The van der Waals surface area contributed by atoms with Crippen molar-refractivity contribution in [3.8, 4) is 5.75 Å². The van der Waals surface area contributed by atoms with Crippen molar-refractivity contribution < 1.29 is 4.74 Å². The number of anilines is 2. The van der Waals surface area contributed by atoms with Crippen LogP contribution in [-0.4, -0.2) is 36.7 Å². The molecule has 1 aliphatic rings. The Balaban J connectivity index is 1.57. The first-order chi connectivity index (χ1) is 11.8. The predicted molar refractivity (Wildman–Crippen MR) is 97.8 cm³/mol. The van der Waals surface area contributed by atoms with Gasteiger partial charge in [-0.2, -0.15) is 4.98 Å². The van der Waals surface area contributed by atoms with Gasteiger partial charge >= 0.3 is 0 Å². The maximum absolute atomic E-state index is 5.40. The van der Waals surface area contributed by atoms with E-state index in [-0.39, 0.29) is 0 Å². The molecule has 2 aromatic rings. The van der Waals surface area contributed by atoms with E-state index in [0.717, 1.165) is 49.5 Å². The van der Waals surface area contributed by atoms with Crippen LogP contribution < -0.4 is 15.0 Å². The topological polar surface area (TPSA) is 50.3 Å². The minimum atomic E-state index is 0.809. The number of benzene rings is 1. The van der Waals surface area contributed by atoms with Crippen molar-refractivity contribution in [2.24, 2.45) is 5.92 Å². The quantitative estimate of drug-likeness (QED) is 0.882. The third kappa shape index (κ3) is 4.16. The van der Waals surface area contributed by atoms with Crippen LogP contribution in [0.15, 0.2) is 36.5 Å². The Morgan fingerprint density at radius 3 is 2.79 bits per heavy atom. The first-order valence-corrected chi connectivity index (χ1v) is 8.70. The summed E-state index contributed by atoms with van der Waals surface area (Å²) in [7, 11) is 1.71. The molecule has 1 aliphatic heterocycles. The monoisotopic (exact) mass is 326 g/mol. The molecule has 0 saturated carbocycles. The van der Waals surface area contributed by atoms with E-state index < -0.39 is 0 Å². The van der Waals surface area contributed by atoms with Crippen LogP contribution in [0, 0.1) is 5.92 Å². The Kier molecular flexibility index (Phi) is 5.51. The van der Waals surface area contributed by atoms with Crippen LogP contribution in [0.1, 0.15) is 25.3 Å². The fraction of sp³-hybridized carbons (Fsp3) is 0.474. The van der Waals surface area contributed by atoms with Gasteiger partial charge in [-0.05, 0) is 42.9 Å². The van der Waals surface area contributed by atoms with Gasteiger partial charge in [0.2, 0.25) is 5.95 Å². The van der Waals surface area contributed by atoms with Gasteiger partial charge in [0.1, 0.15) is 11.6 Å². The van der Waals surface area contributed by atoms with Gasteiger partial charge in [-0.1, -0.05) is 25.1 Å². The van der Waals surface area contributed by atoms with Gasteiger partial charge in [0, 0.05) is 25.8 Å². The van der Waals surface area contributed by atoms with Gasteiger partial charge in [0.15, 0.2) is 0 Å². The minimum Gasteiger partial charge on any atom is -0.496 e. The number of rotatable bonds is 6. The van der Waals surface area contributed by atoms with Crippen molar-refractivity contribution in [1.29, 1.82) is 0 Å². The summed E-state index contributed by atoms with van der Waals surface area (Å²) < 4.78 is 5.40. The molecule has 0 atom stereocenters. The SMILES string of the molecule is COc1ccccc1CCNc1ccnc(N2CCC(C)CC2)n1. The minimum absolute atomic E-state index is 0.809. The summed E-state index contributed by atoms with van der Waals surface area (Å²) in [6, 6.07) is 10.1. The van der Waals surface area contributed by atoms with Gasteiger partial charge < -0.3 is 15.0 Å². The largest absolute Gasteiger partial charge is 0.496 e. The van der Waals surface area contributed by atoms with Crippen molar-refractivity contribution >= 4 is 11.8 Å². The highest BCUT2D eigenvalue weighted by molar-refractivity contribution is 5.42. The van der Waals surface area contributed by atoms with Gasteiger partial charge in [-0.3, -0.25) is 0 Å². The molecule has 5 heteroatoms. The van der Waals surface area contributed by atoms with E-state index in [1.807, 2.05) is 30.5 Å². The number of hydrogen-bond donors (Lipinski definition) is 1. The summed E-state index contributed by atoms with van der Waals surface area (Å²) in [5, 5.41) is 3.40. The van der Waals surface area contributed by atoms with Crippen LogP contribution in [0.3, 0.4) is 0 Å². The van der Waals surface area contributed by atoms with E-state index in [2.05, 4.69) is 33.2 Å². The molecule has 0 bridgehead atoms. The molecule has 24 heavy (non-hydrogen) atoms. The molecular formula is C19H26N4O. The highest BCUT2D eigenvalue weighted by atomic mass is 16.5. The second-order valence-electron chi connectivity index (χ2n) is 6.40. The van der Waals surface area contributed by atoms with Gasteiger partial charge in [0.05, 0.1) is 7.11 Å². The molecule has 1 saturated heterocycles. The van der Waals surface area contributed by atoms with E-state index >= 15 is 0 Å². The van der Waals surface area contributed by atoms with E-state index in [0.29, 0.717) is 0 Å².